The first-order valence-corrected chi connectivity index (χ1v) is 7.32. The standard InChI is InChI=1S/C14H16ClFN2S/c1-2-9-6-7-10(19-9)8-13(18-17)14-11(15)4-3-5-12(14)16/h3-7,13,18H,2,8,17H2,1H3. The maximum atomic E-state index is 13.9. The van der Waals surface area contributed by atoms with Crippen LogP contribution in [0.2, 0.25) is 5.02 Å². The number of benzene rings is 1. The normalized spacial score (nSPS) is 12.6. The molecule has 0 saturated heterocycles. The summed E-state index contributed by atoms with van der Waals surface area (Å²) in [5, 5.41) is 0.398. The van der Waals surface area contributed by atoms with Gasteiger partial charge in [-0.1, -0.05) is 24.6 Å². The second-order valence-electron chi connectivity index (χ2n) is 4.28. The van der Waals surface area contributed by atoms with Gasteiger partial charge in [0, 0.05) is 26.8 Å². The van der Waals surface area contributed by atoms with E-state index in [0.29, 0.717) is 17.0 Å². The summed E-state index contributed by atoms with van der Waals surface area (Å²) in [5.41, 5.74) is 3.09. The SMILES string of the molecule is CCc1ccc(CC(NN)c2c(F)cccc2Cl)s1. The summed E-state index contributed by atoms with van der Waals surface area (Å²) >= 11 is 7.79. The van der Waals surface area contributed by atoms with Crippen molar-refractivity contribution in [3.63, 3.8) is 0 Å². The molecule has 102 valence electrons. The van der Waals surface area contributed by atoms with Gasteiger partial charge in [0.25, 0.3) is 0 Å². The van der Waals surface area contributed by atoms with Crippen LogP contribution in [0.5, 0.6) is 0 Å². The Kier molecular flexibility index (Phi) is 4.93. The molecule has 0 aliphatic rings. The van der Waals surface area contributed by atoms with Crippen LogP contribution in [-0.4, -0.2) is 0 Å². The van der Waals surface area contributed by atoms with Gasteiger partial charge in [0.2, 0.25) is 0 Å². The van der Waals surface area contributed by atoms with E-state index in [1.54, 1.807) is 23.5 Å². The van der Waals surface area contributed by atoms with E-state index in [0.717, 1.165) is 6.42 Å². The van der Waals surface area contributed by atoms with Crippen molar-refractivity contribution in [1.29, 1.82) is 0 Å². The minimum Gasteiger partial charge on any atom is -0.271 e. The molecule has 1 aromatic carbocycles. The lowest BCUT2D eigenvalue weighted by Crippen LogP contribution is -2.30. The molecule has 0 bridgehead atoms. The first kappa shape index (κ1) is 14.5. The summed E-state index contributed by atoms with van der Waals surface area (Å²) in [6, 6.07) is 8.50. The third-order valence-corrected chi connectivity index (χ3v) is 4.60. The van der Waals surface area contributed by atoms with Crippen molar-refractivity contribution in [1.82, 2.24) is 5.43 Å². The molecule has 2 nitrogen and oxygen atoms in total. The summed E-state index contributed by atoms with van der Waals surface area (Å²) in [5.74, 6) is 5.23. The van der Waals surface area contributed by atoms with Crippen LogP contribution in [0.3, 0.4) is 0 Å². The fourth-order valence-corrected chi connectivity index (χ4v) is 3.31. The first-order valence-electron chi connectivity index (χ1n) is 6.13. The summed E-state index contributed by atoms with van der Waals surface area (Å²) in [7, 11) is 0. The van der Waals surface area contributed by atoms with Crippen LogP contribution in [0.25, 0.3) is 0 Å². The van der Waals surface area contributed by atoms with Crippen molar-refractivity contribution in [2.75, 3.05) is 0 Å². The van der Waals surface area contributed by atoms with E-state index in [-0.39, 0.29) is 11.9 Å². The van der Waals surface area contributed by atoms with Gasteiger partial charge < -0.3 is 0 Å². The molecular formula is C14H16ClFN2S. The Bertz CT molecular complexity index is 536. The lowest BCUT2D eigenvalue weighted by molar-refractivity contribution is 0.513. The minimum absolute atomic E-state index is 0.322. The zero-order chi connectivity index (χ0) is 13.8. The molecule has 0 aliphatic heterocycles. The maximum Gasteiger partial charge on any atom is 0.129 e. The fraction of sp³-hybridized carbons (Fsp3) is 0.286. The molecular weight excluding hydrogens is 283 g/mol. The van der Waals surface area contributed by atoms with Gasteiger partial charge in [0.05, 0.1) is 6.04 Å². The quantitative estimate of drug-likeness (QED) is 0.650. The van der Waals surface area contributed by atoms with Crippen molar-refractivity contribution in [2.24, 2.45) is 5.84 Å². The van der Waals surface area contributed by atoms with Gasteiger partial charge in [-0.15, -0.1) is 11.3 Å². The van der Waals surface area contributed by atoms with E-state index < -0.39 is 0 Å². The highest BCUT2D eigenvalue weighted by atomic mass is 35.5. The summed E-state index contributed by atoms with van der Waals surface area (Å²) in [4.78, 5) is 2.48. The van der Waals surface area contributed by atoms with Crippen LogP contribution in [0.4, 0.5) is 4.39 Å². The number of thiophene rings is 1. The van der Waals surface area contributed by atoms with Crippen LogP contribution in [0, 0.1) is 5.82 Å². The molecule has 3 N–H and O–H groups in total. The Balaban J connectivity index is 2.25. The Labute approximate surface area is 121 Å². The lowest BCUT2D eigenvalue weighted by Gasteiger charge is -2.17. The van der Waals surface area contributed by atoms with Gasteiger partial charge in [-0.25, -0.2) is 4.39 Å². The maximum absolute atomic E-state index is 13.9. The van der Waals surface area contributed by atoms with Gasteiger partial charge in [-0.05, 0) is 30.7 Å². The van der Waals surface area contributed by atoms with Gasteiger partial charge in [-0.3, -0.25) is 11.3 Å². The Morgan fingerprint density at radius 3 is 2.63 bits per heavy atom. The van der Waals surface area contributed by atoms with Crippen molar-refractivity contribution >= 4 is 22.9 Å². The summed E-state index contributed by atoms with van der Waals surface area (Å²) in [6.07, 6.45) is 1.63. The predicted molar refractivity (Wildman–Crippen MR) is 78.9 cm³/mol. The first-order chi connectivity index (χ1) is 9.15. The average Bonchev–Trinajstić information content (AvgIpc) is 2.85. The molecule has 2 rings (SSSR count). The molecule has 5 heteroatoms. The molecule has 0 fully saturated rings. The number of nitrogens with one attached hydrogen (secondary N) is 1. The Hall–Kier alpha value is -0.940. The van der Waals surface area contributed by atoms with Crippen molar-refractivity contribution in [3.05, 3.63) is 56.5 Å². The van der Waals surface area contributed by atoms with E-state index in [1.165, 1.54) is 15.8 Å². The van der Waals surface area contributed by atoms with E-state index in [4.69, 9.17) is 17.4 Å². The molecule has 0 amide bonds. The van der Waals surface area contributed by atoms with Gasteiger partial charge in [0.15, 0.2) is 0 Å². The smallest absolute Gasteiger partial charge is 0.129 e. The minimum atomic E-state index is -0.331. The predicted octanol–water partition coefficient (Wildman–Crippen LogP) is 3.85. The lowest BCUT2D eigenvalue weighted by atomic mass is 10.0. The monoisotopic (exact) mass is 298 g/mol. The topological polar surface area (TPSA) is 38.0 Å². The Morgan fingerprint density at radius 2 is 2.05 bits per heavy atom. The van der Waals surface area contributed by atoms with Crippen LogP contribution in [-0.2, 0) is 12.8 Å². The molecule has 2 aromatic rings. The number of hydrazine groups is 1. The van der Waals surface area contributed by atoms with Crippen LogP contribution >= 0.6 is 22.9 Å². The summed E-state index contributed by atoms with van der Waals surface area (Å²) in [6.45, 7) is 2.11. The van der Waals surface area contributed by atoms with Crippen molar-refractivity contribution in [2.45, 2.75) is 25.8 Å². The number of halogens is 2. The number of hydrogen-bond acceptors (Lipinski definition) is 3. The third-order valence-electron chi connectivity index (χ3n) is 3.02. The number of rotatable bonds is 5. The molecule has 0 saturated carbocycles. The van der Waals surface area contributed by atoms with Gasteiger partial charge in [-0.2, -0.15) is 0 Å². The van der Waals surface area contributed by atoms with E-state index in [2.05, 4.69) is 24.5 Å². The fourth-order valence-electron chi connectivity index (χ4n) is 2.01. The second kappa shape index (κ2) is 6.48. The summed E-state index contributed by atoms with van der Waals surface area (Å²) < 4.78 is 13.9. The van der Waals surface area contributed by atoms with Gasteiger partial charge >= 0.3 is 0 Å². The zero-order valence-corrected chi connectivity index (χ0v) is 12.2. The molecule has 0 spiro atoms. The number of hydrogen-bond donors (Lipinski definition) is 2. The second-order valence-corrected chi connectivity index (χ2v) is 5.94. The highest BCUT2D eigenvalue weighted by Gasteiger charge is 2.19. The van der Waals surface area contributed by atoms with E-state index in [9.17, 15) is 4.39 Å². The molecule has 1 atom stereocenters. The number of aryl methyl sites for hydroxylation is 1. The van der Waals surface area contributed by atoms with Crippen LogP contribution < -0.4 is 11.3 Å². The van der Waals surface area contributed by atoms with Gasteiger partial charge in [0.1, 0.15) is 5.82 Å². The highest BCUT2D eigenvalue weighted by Crippen LogP contribution is 2.29. The van der Waals surface area contributed by atoms with Crippen molar-refractivity contribution in [3.8, 4) is 0 Å². The number of nitrogens with two attached hydrogens (primary N) is 1. The van der Waals surface area contributed by atoms with Crippen molar-refractivity contribution < 1.29 is 4.39 Å². The molecule has 1 aromatic heterocycles. The molecule has 0 radical (unpaired) electrons. The molecule has 0 aliphatic carbocycles. The average molecular weight is 299 g/mol. The van der Waals surface area contributed by atoms with Crippen LogP contribution in [0.15, 0.2) is 30.3 Å². The molecule has 1 unspecified atom stereocenters. The third kappa shape index (κ3) is 3.34. The van der Waals surface area contributed by atoms with E-state index in [1.807, 2.05) is 0 Å². The zero-order valence-electron chi connectivity index (χ0n) is 10.6. The highest BCUT2D eigenvalue weighted by molar-refractivity contribution is 7.11. The molecule has 1 heterocycles. The molecule has 19 heavy (non-hydrogen) atoms. The largest absolute Gasteiger partial charge is 0.271 e. The van der Waals surface area contributed by atoms with E-state index >= 15 is 0 Å². The van der Waals surface area contributed by atoms with Crippen LogP contribution in [0.1, 0.15) is 28.3 Å². The Morgan fingerprint density at radius 1 is 1.32 bits per heavy atom.